The van der Waals surface area contributed by atoms with Crippen LogP contribution in [0.3, 0.4) is 0 Å². The van der Waals surface area contributed by atoms with Gasteiger partial charge in [-0.25, -0.2) is 4.39 Å². The molecular formula is C14H18FN3O2. The fourth-order valence-corrected chi connectivity index (χ4v) is 1.69. The van der Waals surface area contributed by atoms with Gasteiger partial charge in [0.15, 0.2) is 0 Å². The minimum atomic E-state index is -0.363. The van der Waals surface area contributed by atoms with E-state index in [9.17, 15) is 14.0 Å². The number of carbonyl (C=O) groups excluding carboxylic acids is 2. The minimum Gasteiger partial charge on any atom is -0.346 e. The SMILES string of the molecule is O=C(CNCC1CC1)NCC(=O)Nc1ccc(F)cc1. The number of benzene rings is 1. The van der Waals surface area contributed by atoms with Crippen LogP contribution in [0.25, 0.3) is 0 Å². The van der Waals surface area contributed by atoms with Crippen LogP contribution in [0.15, 0.2) is 24.3 Å². The van der Waals surface area contributed by atoms with Crippen molar-refractivity contribution in [1.82, 2.24) is 10.6 Å². The summed E-state index contributed by atoms with van der Waals surface area (Å²) in [5.41, 5.74) is 0.498. The third kappa shape index (κ3) is 5.36. The maximum absolute atomic E-state index is 12.7. The highest BCUT2D eigenvalue weighted by molar-refractivity contribution is 5.94. The van der Waals surface area contributed by atoms with E-state index in [4.69, 9.17) is 0 Å². The molecule has 0 spiro atoms. The number of hydrogen-bond donors (Lipinski definition) is 3. The molecule has 1 aromatic rings. The Morgan fingerprint density at radius 3 is 2.45 bits per heavy atom. The fourth-order valence-electron chi connectivity index (χ4n) is 1.69. The van der Waals surface area contributed by atoms with Crippen LogP contribution in [-0.4, -0.2) is 31.4 Å². The molecule has 3 N–H and O–H groups in total. The lowest BCUT2D eigenvalue weighted by atomic mass is 10.3. The zero-order valence-corrected chi connectivity index (χ0v) is 11.1. The Hall–Kier alpha value is -1.95. The van der Waals surface area contributed by atoms with Crippen molar-refractivity contribution in [1.29, 1.82) is 0 Å². The van der Waals surface area contributed by atoms with E-state index in [0.717, 1.165) is 6.54 Å². The molecule has 108 valence electrons. The molecule has 0 unspecified atom stereocenters. The molecule has 1 aliphatic carbocycles. The maximum Gasteiger partial charge on any atom is 0.243 e. The van der Waals surface area contributed by atoms with Crippen LogP contribution < -0.4 is 16.0 Å². The first-order valence-corrected chi connectivity index (χ1v) is 6.66. The van der Waals surface area contributed by atoms with Gasteiger partial charge in [-0.15, -0.1) is 0 Å². The Balaban J connectivity index is 1.61. The Morgan fingerprint density at radius 1 is 1.10 bits per heavy atom. The van der Waals surface area contributed by atoms with Crippen molar-refractivity contribution < 1.29 is 14.0 Å². The van der Waals surface area contributed by atoms with E-state index >= 15 is 0 Å². The molecule has 20 heavy (non-hydrogen) atoms. The summed E-state index contributed by atoms with van der Waals surface area (Å²) < 4.78 is 12.7. The predicted molar refractivity (Wildman–Crippen MR) is 73.6 cm³/mol. The Kier molecular flexibility index (Phi) is 5.06. The summed E-state index contributed by atoms with van der Waals surface area (Å²) in [6, 6.07) is 5.45. The third-order valence-electron chi connectivity index (χ3n) is 2.99. The topological polar surface area (TPSA) is 70.2 Å². The fraction of sp³-hybridized carbons (Fsp3) is 0.429. The van der Waals surface area contributed by atoms with E-state index in [1.54, 1.807) is 0 Å². The molecule has 1 saturated carbocycles. The molecule has 5 nitrogen and oxygen atoms in total. The lowest BCUT2D eigenvalue weighted by Gasteiger charge is -2.07. The highest BCUT2D eigenvalue weighted by atomic mass is 19.1. The van der Waals surface area contributed by atoms with Gasteiger partial charge in [-0.05, 0) is 49.6 Å². The summed E-state index contributed by atoms with van der Waals surface area (Å²) in [5, 5.41) is 8.13. The molecule has 0 aromatic heterocycles. The van der Waals surface area contributed by atoms with E-state index < -0.39 is 0 Å². The second-order valence-corrected chi connectivity index (χ2v) is 4.91. The van der Waals surface area contributed by atoms with Crippen LogP contribution in [0.1, 0.15) is 12.8 Å². The van der Waals surface area contributed by atoms with Crippen LogP contribution in [-0.2, 0) is 9.59 Å². The lowest BCUT2D eigenvalue weighted by molar-refractivity contribution is -0.123. The van der Waals surface area contributed by atoms with Crippen LogP contribution in [0.2, 0.25) is 0 Å². The number of nitrogens with one attached hydrogen (secondary N) is 3. The highest BCUT2D eigenvalue weighted by Gasteiger charge is 2.20. The third-order valence-corrected chi connectivity index (χ3v) is 2.99. The van der Waals surface area contributed by atoms with Gasteiger partial charge in [-0.1, -0.05) is 0 Å². The van der Waals surface area contributed by atoms with Crippen molar-refractivity contribution in [2.75, 3.05) is 25.0 Å². The Bertz CT molecular complexity index is 472. The van der Waals surface area contributed by atoms with E-state index in [0.29, 0.717) is 11.6 Å². The standard InChI is InChI=1S/C14H18FN3O2/c15-11-3-5-12(6-4-11)18-14(20)9-17-13(19)8-16-7-10-1-2-10/h3-6,10,16H,1-2,7-9H2,(H,17,19)(H,18,20). The number of carbonyl (C=O) groups is 2. The number of hydrogen-bond acceptors (Lipinski definition) is 3. The molecular weight excluding hydrogens is 261 g/mol. The van der Waals surface area contributed by atoms with Crippen LogP contribution in [0, 0.1) is 11.7 Å². The van der Waals surface area contributed by atoms with Gasteiger partial charge in [0.1, 0.15) is 5.82 Å². The van der Waals surface area contributed by atoms with Crippen molar-refractivity contribution in [2.24, 2.45) is 5.92 Å². The summed E-state index contributed by atoms with van der Waals surface area (Å²) in [6.07, 6.45) is 2.46. The van der Waals surface area contributed by atoms with Gasteiger partial charge < -0.3 is 16.0 Å². The average Bonchev–Trinajstić information content (AvgIpc) is 3.23. The van der Waals surface area contributed by atoms with Gasteiger partial charge in [-0.3, -0.25) is 9.59 Å². The quantitative estimate of drug-likeness (QED) is 0.694. The van der Waals surface area contributed by atoms with E-state index in [1.807, 2.05) is 0 Å². The van der Waals surface area contributed by atoms with Gasteiger partial charge in [0.2, 0.25) is 11.8 Å². The van der Waals surface area contributed by atoms with Crippen LogP contribution in [0.5, 0.6) is 0 Å². The van der Waals surface area contributed by atoms with E-state index in [2.05, 4.69) is 16.0 Å². The molecule has 0 bridgehead atoms. The first kappa shape index (κ1) is 14.5. The minimum absolute atomic E-state index is 0.0959. The molecule has 0 atom stereocenters. The highest BCUT2D eigenvalue weighted by Crippen LogP contribution is 2.27. The van der Waals surface area contributed by atoms with Gasteiger partial charge in [0, 0.05) is 5.69 Å². The van der Waals surface area contributed by atoms with Crippen molar-refractivity contribution >= 4 is 17.5 Å². The number of halogens is 1. The van der Waals surface area contributed by atoms with Gasteiger partial charge in [0.25, 0.3) is 0 Å². The summed E-state index contributed by atoms with van der Waals surface area (Å²) >= 11 is 0. The molecule has 0 saturated heterocycles. The number of anilines is 1. The van der Waals surface area contributed by atoms with Gasteiger partial charge >= 0.3 is 0 Å². The zero-order valence-electron chi connectivity index (χ0n) is 11.1. The van der Waals surface area contributed by atoms with Crippen molar-refractivity contribution in [2.45, 2.75) is 12.8 Å². The molecule has 0 aliphatic heterocycles. The van der Waals surface area contributed by atoms with Gasteiger partial charge in [-0.2, -0.15) is 0 Å². The molecule has 0 radical (unpaired) electrons. The smallest absolute Gasteiger partial charge is 0.243 e. The first-order valence-electron chi connectivity index (χ1n) is 6.66. The van der Waals surface area contributed by atoms with Crippen LogP contribution in [0.4, 0.5) is 10.1 Å². The molecule has 1 aromatic carbocycles. The normalized spacial score (nSPS) is 13.8. The van der Waals surface area contributed by atoms with Crippen molar-refractivity contribution in [3.05, 3.63) is 30.1 Å². The summed E-state index contributed by atoms with van der Waals surface area (Å²) in [5.74, 6) is -0.199. The van der Waals surface area contributed by atoms with E-state index in [-0.39, 0.29) is 30.7 Å². The monoisotopic (exact) mass is 279 g/mol. The molecule has 0 heterocycles. The Labute approximate surface area is 116 Å². The van der Waals surface area contributed by atoms with Crippen LogP contribution >= 0.6 is 0 Å². The second-order valence-electron chi connectivity index (χ2n) is 4.91. The maximum atomic E-state index is 12.7. The van der Waals surface area contributed by atoms with E-state index in [1.165, 1.54) is 37.1 Å². The second kappa shape index (κ2) is 7.00. The molecule has 1 fully saturated rings. The van der Waals surface area contributed by atoms with Crippen molar-refractivity contribution in [3.8, 4) is 0 Å². The van der Waals surface area contributed by atoms with Crippen molar-refractivity contribution in [3.63, 3.8) is 0 Å². The zero-order chi connectivity index (χ0) is 14.4. The summed E-state index contributed by atoms with van der Waals surface area (Å²) in [7, 11) is 0. The molecule has 1 aliphatic rings. The molecule has 2 amide bonds. The largest absolute Gasteiger partial charge is 0.346 e. The number of amides is 2. The average molecular weight is 279 g/mol. The van der Waals surface area contributed by atoms with Gasteiger partial charge in [0.05, 0.1) is 13.1 Å². The number of rotatable bonds is 7. The molecule has 2 rings (SSSR count). The summed E-state index contributed by atoms with van der Waals surface area (Å²) in [6.45, 7) is 0.983. The predicted octanol–water partition coefficient (Wildman–Crippen LogP) is 0.880. The Morgan fingerprint density at radius 2 is 1.80 bits per heavy atom. The lowest BCUT2D eigenvalue weighted by Crippen LogP contribution is -2.38. The molecule has 6 heteroatoms. The first-order chi connectivity index (χ1) is 9.63. The summed E-state index contributed by atoms with van der Waals surface area (Å²) in [4.78, 5) is 23.0.